The van der Waals surface area contributed by atoms with E-state index in [9.17, 15) is 0 Å². The molecule has 1 aromatic carbocycles. The molecule has 0 spiro atoms. The zero-order valence-corrected chi connectivity index (χ0v) is 9.37. The maximum atomic E-state index is 5.33. The molecule has 0 heterocycles. The van der Waals surface area contributed by atoms with Crippen LogP contribution in [0.5, 0.6) is 11.5 Å². The van der Waals surface area contributed by atoms with Gasteiger partial charge in [-0.1, -0.05) is 6.58 Å². The van der Waals surface area contributed by atoms with Crippen LogP contribution in [0.15, 0.2) is 24.8 Å². The molecule has 0 aliphatic heterocycles. The van der Waals surface area contributed by atoms with Gasteiger partial charge in [-0.3, -0.25) is 0 Å². The van der Waals surface area contributed by atoms with Crippen molar-refractivity contribution in [1.29, 1.82) is 0 Å². The van der Waals surface area contributed by atoms with E-state index in [0.29, 0.717) is 18.1 Å². The van der Waals surface area contributed by atoms with Crippen molar-refractivity contribution in [1.82, 2.24) is 0 Å². The third-order valence-electron chi connectivity index (χ3n) is 2.03. The predicted molar refractivity (Wildman–Crippen MR) is 60.2 cm³/mol. The van der Waals surface area contributed by atoms with Crippen LogP contribution in [0.3, 0.4) is 0 Å². The smallest absolute Gasteiger partial charge is 0.133 e. The minimum atomic E-state index is 0.591. The van der Waals surface area contributed by atoms with Gasteiger partial charge in [-0.25, -0.2) is 0 Å². The molecule has 0 saturated carbocycles. The molecule has 0 bridgehead atoms. The summed E-state index contributed by atoms with van der Waals surface area (Å²) in [5, 5.41) is 0. The van der Waals surface area contributed by atoms with E-state index < -0.39 is 0 Å². The molecule has 1 rings (SSSR count). The molecule has 0 unspecified atom stereocenters. The summed E-state index contributed by atoms with van der Waals surface area (Å²) in [4.78, 5) is 0. The van der Waals surface area contributed by atoms with Gasteiger partial charge >= 0.3 is 0 Å². The van der Waals surface area contributed by atoms with Crippen LogP contribution >= 0.6 is 0 Å². The lowest BCUT2D eigenvalue weighted by atomic mass is 10.1. The predicted octanol–water partition coefficient (Wildman–Crippen LogP) is 2.71. The van der Waals surface area contributed by atoms with Crippen LogP contribution in [0.25, 0.3) is 5.76 Å². The highest BCUT2D eigenvalue weighted by molar-refractivity contribution is 5.65. The summed E-state index contributed by atoms with van der Waals surface area (Å²) in [6, 6.07) is 5.53. The van der Waals surface area contributed by atoms with Crippen molar-refractivity contribution in [2.24, 2.45) is 0 Å². The van der Waals surface area contributed by atoms with Gasteiger partial charge < -0.3 is 14.2 Å². The standard InChI is InChI=1S/C12H16O3/c1-5-15-9(2)11-7-6-10(13-3)8-12(11)14-4/h6-8H,2,5H2,1,3-4H3. The Labute approximate surface area is 90.3 Å². The number of rotatable bonds is 5. The van der Waals surface area contributed by atoms with E-state index in [2.05, 4.69) is 6.58 Å². The summed E-state index contributed by atoms with van der Waals surface area (Å²) in [5.41, 5.74) is 0.847. The summed E-state index contributed by atoms with van der Waals surface area (Å²) < 4.78 is 15.7. The Morgan fingerprint density at radius 2 is 2.00 bits per heavy atom. The lowest BCUT2D eigenvalue weighted by molar-refractivity contribution is 0.296. The average molecular weight is 208 g/mol. The van der Waals surface area contributed by atoms with Crippen molar-refractivity contribution in [2.45, 2.75) is 6.92 Å². The van der Waals surface area contributed by atoms with Gasteiger partial charge in [0, 0.05) is 6.07 Å². The van der Waals surface area contributed by atoms with Gasteiger partial charge in [0.05, 0.1) is 26.4 Å². The van der Waals surface area contributed by atoms with Crippen molar-refractivity contribution in [2.75, 3.05) is 20.8 Å². The van der Waals surface area contributed by atoms with Gasteiger partial charge in [0.25, 0.3) is 0 Å². The van der Waals surface area contributed by atoms with Gasteiger partial charge in [0.2, 0.25) is 0 Å². The molecule has 0 aliphatic rings. The molecule has 0 fully saturated rings. The molecule has 0 saturated heterocycles. The summed E-state index contributed by atoms with van der Waals surface area (Å²) in [6.07, 6.45) is 0. The van der Waals surface area contributed by atoms with E-state index in [1.165, 1.54) is 0 Å². The quantitative estimate of drug-likeness (QED) is 0.696. The molecule has 0 atom stereocenters. The minimum Gasteiger partial charge on any atom is -0.497 e. The fourth-order valence-electron chi connectivity index (χ4n) is 1.28. The second-order valence-corrected chi connectivity index (χ2v) is 2.92. The Morgan fingerprint density at radius 3 is 2.53 bits per heavy atom. The topological polar surface area (TPSA) is 27.7 Å². The van der Waals surface area contributed by atoms with Crippen molar-refractivity contribution >= 4 is 5.76 Å². The normalized spacial score (nSPS) is 9.53. The molecule has 1 aromatic rings. The fraction of sp³-hybridized carbons (Fsp3) is 0.333. The van der Waals surface area contributed by atoms with Crippen molar-refractivity contribution in [3.8, 4) is 11.5 Å². The first-order valence-corrected chi connectivity index (χ1v) is 4.77. The molecule has 3 nitrogen and oxygen atoms in total. The van der Waals surface area contributed by atoms with Crippen LogP contribution < -0.4 is 9.47 Å². The summed E-state index contributed by atoms with van der Waals surface area (Å²) in [6.45, 7) is 6.34. The summed E-state index contributed by atoms with van der Waals surface area (Å²) in [7, 11) is 3.23. The molecule has 0 aliphatic carbocycles. The van der Waals surface area contributed by atoms with E-state index in [1.807, 2.05) is 19.1 Å². The van der Waals surface area contributed by atoms with Crippen LogP contribution in [-0.4, -0.2) is 20.8 Å². The first-order valence-electron chi connectivity index (χ1n) is 4.77. The Bertz CT molecular complexity index is 345. The van der Waals surface area contributed by atoms with E-state index in [-0.39, 0.29) is 0 Å². The summed E-state index contributed by atoms with van der Waals surface area (Å²) >= 11 is 0. The van der Waals surface area contributed by atoms with Gasteiger partial charge in [0.1, 0.15) is 17.3 Å². The molecule has 0 N–H and O–H groups in total. The van der Waals surface area contributed by atoms with E-state index in [0.717, 1.165) is 11.3 Å². The largest absolute Gasteiger partial charge is 0.497 e. The van der Waals surface area contributed by atoms with Gasteiger partial charge in [-0.05, 0) is 19.1 Å². The lowest BCUT2D eigenvalue weighted by Crippen LogP contribution is -1.95. The Morgan fingerprint density at radius 1 is 1.27 bits per heavy atom. The fourth-order valence-corrected chi connectivity index (χ4v) is 1.28. The monoisotopic (exact) mass is 208 g/mol. The van der Waals surface area contributed by atoms with Gasteiger partial charge in [-0.15, -0.1) is 0 Å². The van der Waals surface area contributed by atoms with E-state index >= 15 is 0 Å². The van der Waals surface area contributed by atoms with Gasteiger partial charge in [-0.2, -0.15) is 0 Å². The molecule has 15 heavy (non-hydrogen) atoms. The maximum absolute atomic E-state index is 5.33. The van der Waals surface area contributed by atoms with Crippen LogP contribution in [0.2, 0.25) is 0 Å². The summed E-state index contributed by atoms with van der Waals surface area (Å²) in [5.74, 6) is 2.06. The molecular weight excluding hydrogens is 192 g/mol. The van der Waals surface area contributed by atoms with Crippen molar-refractivity contribution < 1.29 is 14.2 Å². The minimum absolute atomic E-state index is 0.591. The van der Waals surface area contributed by atoms with E-state index in [4.69, 9.17) is 14.2 Å². The second kappa shape index (κ2) is 5.29. The van der Waals surface area contributed by atoms with E-state index in [1.54, 1.807) is 20.3 Å². The third-order valence-corrected chi connectivity index (χ3v) is 2.03. The highest BCUT2D eigenvalue weighted by Gasteiger charge is 2.08. The number of ether oxygens (including phenoxy) is 3. The zero-order chi connectivity index (χ0) is 11.3. The Hall–Kier alpha value is -1.64. The first-order chi connectivity index (χ1) is 7.22. The number of hydrogen-bond donors (Lipinski definition) is 0. The van der Waals surface area contributed by atoms with Crippen LogP contribution in [0.4, 0.5) is 0 Å². The molecule has 0 amide bonds. The van der Waals surface area contributed by atoms with Crippen molar-refractivity contribution in [3.63, 3.8) is 0 Å². The third kappa shape index (κ3) is 2.65. The highest BCUT2D eigenvalue weighted by Crippen LogP contribution is 2.29. The molecule has 3 heteroatoms. The van der Waals surface area contributed by atoms with Crippen LogP contribution in [-0.2, 0) is 4.74 Å². The Kier molecular flexibility index (Phi) is 4.03. The number of benzene rings is 1. The Balaban J connectivity index is 3.02. The van der Waals surface area contributed by atoms with Crippen molar-refractivity contribution in [3.05, 3.63) is 30.3 Å². The van der Waals surface area contributed by atoms with Gasteiger partial charge in [0.15, 0.2) is 0 Å². The number of hydrogen-bond acceptors (Lipinski definition) is 3. The molecule has 0 radical (unpaired) electrons. The molecule has 82 valence electrons. The van der Waals surface area contributed by atoms with Crippen LogP contribution in [0, 0.1) is 0 Å². The molecular formula is C12H16O3. The molecule has 0 aromatic heterocycles. The maximum Gasteiger partial charge on any atom is 0.133 e. The second-order valence-electron chi connectivity index (χ2n) is 2.92. The zero-order valence-electron chi connectivity index (χ0n) is 9.37. The average Bonchev–Trinajstić information content (AvgIpc) is 2.28. The first kappa shape index (κ1) is 11.4. The lowest BCUT2D eigenvalue weighted by Gasteiger charge is -2.12. The highest BCUT2D eigenvalue weighted by atomic mass is 16.5. The van der Waals surface area contributed by atoms with Crippen LogP contribution in [0.1, 0.15) is 12.5 Å². The number of methoxy groups -OCH3 is 2. The SMILES string of the molecule is C=C(OCC)c1ccc(OC)cc1OC.